The number of nitrogens with zero attached hydrogens (tertiary/aromatic N) is 2. The lowest BCUT2D eigenvalue weighted by Crippen LogP contribution is -2.51. The summed E-state index contributed by atoms with van der Waals surface area (Å²) in [4.78, 5) is 49.0. The number of hydrogen-bond donors (Lipinski definition) is 0. The largest absolute Gasteiger partial charge is 0.465 e. The van der Waals surface area contributed by atoms with E-state index in [4.69, 9.17) is 4.74 Å². The van der Waals surface area contributed by atoms with E-state index in [1.165, 1.54) is 6.92 Å². The highest BCUT2D eigenvalue weighted by Gasteiger charge is 2.33. The van der Waals surface area contributed by atoms with E-state index in [-0.39, 0.29) is 29.1 Å². The third kappa shape index (κ3) is 4.65. The van der Waals surface area contributed by atoms with Crippen molar-refractivity contribution in [2.45, 2.75) is 58.2 Å². The van der Waals surface area contributed by atoms with E-state index in [1.807, 2.05) is 13.8 Å². The van der Waals surface area contributed by atoms with Crippen LogP contribution in [-0.4, -0.2) is 53.0 Å². The quantitative estimate of drug-likeness (QED) is 0.430. The molecule has 28 heavy (non-hydrogen) atoms. The van der Waals surface area contributed by atoms with E-state index < -0.39 is 28.7 Å². The smallest absolute Gasteiger partial charge is 0.339 e. The van der Waals surface area contributed by atoms with Gasteiger partial charge in [-0.25, -0.2) is 9.59 Å². The van der Waals surface area contributed by atoms with Crippen molar-refractivity contribution in [3.05, 3.63) is 39.4 Å². The number of nitro groups is 1. The van der Waals surface area contributed by atoms with Gasteiger partial charge in [0.1, 0.15) is 0 Å². The summed E-state index contributed by atoms with van der Waals surface area (Å²) in [6.45, 7) is 5.36. The maximum absolute atomic E-state index is 12.7. The van der Waals surface area contributed by atoms with Gasteiger partial charge in [0.2, 0.25) is 0 Å². The SMILES string of the molecule is COC(=O)c1cc(C(=O)O[C@H](C)C(=O)N2[C@H](C)CCC[C@H]2C)cc([N+](=O)[O-])c1. The zero-order chi connectivity index (χ0) is 21.0. The predicted molar refractivity (Wildman–Crippen MR) is 98.9 cm³/mol. The van der Waals surface area contributed by atoms with E-state index in [1.54, 1.807) is 4.90 Å². The van der Waals surface area contributed by atoms with Gasteiger partial charge in [-0.15, -0.1) is 0 Å². The lowest BCUT2D eigenvalue weighted by molar-refractivity contribution is -0.384. The second-order valence-electron chi connectivity index (χ2n) is 6.94. The summed E-state index contributed by atoms with van der Waals surface area (Å²) < 4.78 is 9.80. The first-order valence-electron chi connectivity index (χ1n) is 9.06. The molecule has 1 aromatic rings. The molecule has 152 valence electrons. The van der Waals surface area contributed by atoms with Crippen LogP contribution in [0.4, 0.5) is 5.69 Å². The summed E-state index contributed by atoms with van der Waals surface area (Å²) in [5, 5.41) is 11.1. The van der Waals surface area contributed by atoms with Crippen molar-refractivity contribution >= 4 is 23.5 Å². The van der Waals surface area contributed by atoms with Gasteiger partial charge in [-0.2, -0.15) is 0 Å². The van der Waals surface area contributed by atoms with E-state index in [0.717, 1.165) is 44.6 Å². The molecule has 1 saturated heterocycles. The monoisotopic (exact) mass is 392 g/mol. The van der Waals surface area contributed by atoms with Crippen molar-refractivity contribution in [1.29, 1.82) is 0 Å². The van der Waals surface area contributed by atoms with Crippen LogP contribution in [0.15, 0.2) is 18.2 Å². The van der Waals surface area contributed by atoms with Gasteiger partial charge in [0.05, 0.1) is 23.2 Å². The Hall–Kier alpha value is -2.97. The molecule has 0 aliphatic carbocycles. The first-order valence-corrected chi connectivity index (χ1v) is 9.06. The Balaban J connectivity index is 2.21. The summed E-state index contributed by atoms with van der Waals surface area (Å²) in [6.07, 6.45) is 1.73. The number of ether oxygens (including phenoxy) is 2. The molecule has 0 N–H and O–H groups in total. The average molecular weight is 392 g/mol. The standard InChI is InChI=1S/C19H24N2O7/c1-11-6-5-7-12(2)20(11)17(22)13(3)28-19(24)15-8-14(18(23)27-4)9-16(10-15)21(25)26/h8-13H,5-7H2,1-4H3/t11-,12-,13-/m1/s1. The van der Waals surface area contributed by atoms with E-state index in [9.17, 15) is 24.5 Å². The highest BCUT2D eigenvalue weighted by molar-refractivity contribution is 5.97. The van der Waals surface area contributed by atoms with Crippen LogP contribution in [0.5, 0.6) is 0 Å². The number of piperidine rings is 1. The van der Waals surface area contributed by atoms with Crippen LogP contribution in [0, 0.1) is 10.1 Å². The summed E-state index contributed by atoms with van der Waals surface area (Å²) in [6, 6.07) is 3.24. The topological polar surface area (TPSA) is 116 Å². The fraction of sp³-hybridized carbons (Fsp3) is 0.526. The Labute approximate surface area is 162 Å². The molecule has 9 heteroatoms. The van der Waals surface area contributed by atoms with Crippen LogP contribution >= 0.6 is 0 Å². The first-order chi connectivity index (χ1) is 13.1. The van der Waals surface area contributed by atoms with Gasteiger partial charge in [0.25, 0.3) is 11.6 Å². The molecule has 0 unspecified atom stereocenters. The van der Waals surface area contributed by atoms with Gasteiger partial charge in [0, 0.05) is 24.2 Å². The molecule has 0 saturated carbocycles. The lowest BCUT2D eigenvalue weighted by Gasteiger charge is -2.40. The first kappa shape index (κ1) is 21.3. The van der Waals surface area contributed by atoms with Gasteiger partial charge in [-0.3, -0.25) is 14.9 Å². The minimum atomic E-state index is -1.06. The van der Waals surface area contributed by atoms with Gasteiger partial charge in [0.15, 0.2) is 6.10 Å². The zero-order valence-electron chi connectivity index (χ0n) is 16.3. The second-order valence-corrected chi connectivity index (χ2v) is 6.94. The fourth-order valence-electron chi connectivity index (χ4n) is 3.41. The minimum absolute atomic E-state index is 0.0427. The maximum atomic E-state index is 12.7. The van der Waals surface area contributed by atoms with Crippen molar-refractivity contribution in [2.75, 3.05) is 7.11 Å². The molecule has 0 aromatic heterocycles. The normalized spacial score (nSPS) is 20.2. The number of amides is 1. The molecule has 1 fully saturated rings. The molecular weight excluding hydrogens is 368 g/mol. The number of methoxy groups -OCH3 is 1. The van der Waals surface area contributed by atoms with Crippen molar-refractivity contribution < 1.29 is 28.8 Å². The Morgan fingerprint density at radius 2 is 1.64 bits per heavy atom. The molecule has 1 amide bonds. The van der Waals surface area contributed by atoms with E-state index in [0.29, 0.717) is 0 Å². The minimum Gasteiger partial charge on any atom is -0.465 e. The summed E-state index contributed by atoms with van der Waals surface area (Å²) in [7, 11) is 1.13. The maximum Gasteiger partial charge on any atom is 0.339 e. The van der Waals surface area contributed by atoms with Crippen LogP contribution in [-0.2, 0) is 14.3 Å². The number of carbonyl (C=O) groups is 3. The van der Waals surface area contributed by atoms with Crippen molar-refractivity contribution in [3.8, 4) is 0 Å². The number of non-ortho nitro benzene ring substituents is 1. The molecule has 1 aliphatic rings. The van der Waals surface area contributed by atoms with Crippen LogP contribution in [0.2, 0.25) is 0 Å². The number of likely N-dealkylation sites (tertiary alicyclic amines) is 1. The molecule has 2 rings (SSSR count). The summed E-state index contributed by atoms with van der Waals surface area (Å²) in [5.74, 6) is -2.06. The number of nitro benzene ring substituents is 1. The van der Waals surface area contributed by atoms with Gasteiger partial charge in [-0.05, 0) is 46.1 Å². The van der Waals surface area contributed by atoms with Crippen LogP contribution in [0.3, 0.4) is 0 Å². The van der Waals surface area contributed by atoms with Gasteiger partial charge >= 0.3 is 11.9 Å². The fourth-order valence-corrected chi connectivity index (χ4v) is 3.41. The number of benzene rings is 1. The second kappa shape index (κ2) is 8.81. The summed E-state index contributed by atoms with van der Waals surface area (Å²) in [5.41, 5.74) is -0.804. The van der Waals surface area contributed by atoms with Crippen LogP contribution in [0.25, 0.3) is 0 Å². The Kier molecular flexibility index (Phi) is 6.71. The molecule has 0 radical (unpaired) electrons. The van der Waals surface area contributed by atoms with Crippen molar-refractivity contribution in [2.24, 2.45) is 0 Å². The number of esters is 2. The van der Waals surface area contributed by atoms with Crippen molar-refractivity contribution in [1.82, 2.24) is 4.90 Å². The molecule has 3 atom stereocenters. The highest BCUT2D eigenvalue weighted by Crippen LogP contribution is 2.24. The Morgan fingerprint density at radius 3 is 2.14 bits per heavy atom. The highest BCUT2D eigenvalue weighted by atomic mass is 16.6. The molecule has 0 spiro atoms. The molecule has 1 aliphatic heterocycles. The van der Waals surface area contributed by atoms with Crippen LogP contribution in [0.1, 0.15) is 60.7 Å². The number of hydrogen-bond acceptors (Lipinski definition) is 7. The number of rotatable bonds is 5. The van der Waals surface area contributed by atoms with E-state index in [2.05, 4.69) is 4.74 Å². The molecule has 1 heterocycles. The third-order valence-electron chi connectivity index (χ3n) is 4.86. The average Bonchev–Trinajstić information content (AvgIpc) is 2.66. The lowest BCUT2D eigenvalue weighted by atomic mass is 9.97. The Morgan fingerprint density at radius 1 is 1.11 bits per heavy atom. The molecular formula is C19H24N2O7. The third-order valence-corrected chi connectivity index (χ3v) is 4.86. The Bertz CT molecular complexity index is 782. The molecule has 1 aromatic carbocycles. The van der Waals surface area contributed by atoms with Crippen molar-refractivity contribution in [3.63, 3.8) is 0 Å². The van der Waals surface area contributed by atoms with E-state index >= 15 is 0 Å². The van der Waals surface area contributed by atoms with Gasteiger partial charge in [-0.1, -0.05) is 0 Å². The zero-order valence-corrected chi connectivity index (χ0v) is 16.3. The summed E-state index contributed by atoms with van der Waals surface area (Å²) >= 11 is 0. The van der Waals surface area contributed by atoms with Gasteiger partial charge < -0.3 is 14.4 Å². The number of carbonyl (C=O) groups excluding carboxylic acids is 3. The molecule has 9 nitrogen and oxygen atoms in total. The van der Waals surface area contributed by atoms with Crippen LogP contribution < -0.4 is 0 Å². The molecule has 0 bridgehead atoms. The predicted octanol–water partition coefficient (Wildman–Crippen LogP) is 2.72.